The molecule has 2 aromatic carbocycles. The summed E-state index contributed by atoms with van der Waals surface area (Å²) in [6, 6.07) is 14.7. The second-order valence-corrected chi connectivity index (χ2v) is 5.98. The second kappa shape index (κ2) is 9.01. The molecule has 0 aliphatic rings. The summed E-state index contributed by atoms with van der Waals surface area (Å²) in [5.41, 5.74) is 1.81. The molecule has 28 heavy (non-hydrogen) atoms. The minimum atomic E-state index is -0.299. The number of methoxy groups -OCH3 is 2. The first kappa shape index (κ1) is 19.4. The molecule has 3 aromatic rings. The van der Waals surface area contributed by atoms with Gasteiger partial charge in [-0.2, -0.15) is 4.98 Å². The van der Waals surface area contributed by atoms with E-state index in [0.717, 1.165) is 22.6 Å². The maximum atomic E-state index is 10.2. The third-order valence-corrected chi connectivity index (χ3v) is 3.95. The van der Waals surface area contributed by atoms with Crippen LogP contribution >= 0.6 is 12.6 Å². The van der Waals surface area contributed by atoms with Gasteiger partial charge in [0.15, 0.2) is 16.7 Å². The van der Waals surface area contributed by atoms with Crippen LogP contribution < -0.4 is 9.47 Å². The number of ether oxygens (including phenoxy) is 2. The van der Waals surface area contributed by atoms with Crippen LogP contribution in [0.2, 0.25) is 0 Å². The van der Waals surface area contributed by atoms with Gasteiger partial charge in [0.25, 0.3) is 0 Å². The van der Waals surface area contributed by atoms with Crippen LogP contribution in [0.5, 0.6) is 17.4 Å². The summed E-state index contributed by atoms with van der Waals surface area (Å²) < 4.78 is 10.3. The van der Waals surface area contributed by atoms with Gasteiger partial charge >= 0.3 is 0 Å². The van der Waals surface area contributed by atoms with Gasteiger partial charge in [-0.1, -0.05) is 0 Å². The molecule has 0 atom stereocenters. The molecule has 1 N–H and O–H groups in total. The van der Waals surface area contributed by atoms with Crippen LogP contribution in [0.4, 0.5) is 11.5 Å². The Kier molecular flexibility index (Phi) is 6.23. The Bertz CT molecular complexity index is 1000. The second-order valence-electron chi connectivity index (χ2n) is 5.58. The number of rotatable bonds is 6. The highest BCUT2D eigenvalue weighted by molar-refractivity contribution is 7.80. The molecule has 0 fully saturated rings. The highest BCUT2D eigenvalue weighted by Crippen LogP contribution is 2.34. The molecule has 0 aliphatic heterocycles. The van der Waals surface area contributed by atoms with Crippen molar-refractivity contribution in [3.63, 3.8) is 0 Å². The molecule has 1 heterocycles. The highest BCUT2D eigenvalue weighted by atomic mass is 32.1. The Labute approximate surface area is 167 Å². The average molecular weight is 394 g/mol. The van der Waals surface area contributed by atoms with Crippen molar-refractivity contribution < 1.29 is 14.6 Å². The SMILES string of the molecule is COc1ccc(/C=N/c2nc(S)nc(O)c2/N=C/c2ccc(OC)cc2)cc1. The summed E-state index contributed by atoms with van der Waals surface area (Å²) in [7, 11) is 3.21. The Morgan fingerprint density at radius 2 is 1.32 bits per heavy atom. The van der Waals surface area contributed by atoms with Gasteiger partial charge in [-0.15, -0.1) is 12.6 Å². The maximum Gasteiger partial charge on any atom is 0.243 e. The lowest BCUT2D eigenvalue weighted by molar-refractivity contribution is 0.414. The average Bonchev–Trinajstić information content (AvgIpc) is 2.72. The fourth-order valence-electron chi connectivity index (χ4n) is 2.28. The molecule has 0 spiro atoms. The Hall–Kier alpha value is -3.39. The monoisotopic (exact) mass is 394 g/mol. The Morgan fingerprint density at radius 1 is 0.821 bits per heavy atom. The Balaban J connectivity index is 1.89. The van der Waals surface area contributed by atoms with Gasteiger partial charge in [0.1, 0.15) is 11.5 Å². The molecule has 7 nitrogen and oxygen atoms in total. The largest absolute Gasteiger partial charge is 0.497 e. The van der Waals surface area contributed by atoms with Crippen molar-refractivity contribution in [2.45, 2.75) is 5.16 Å². The first-order chi connectivity index (χ1) is 13.6. The van der Waals surface area contributed by atoms with E-state index < -0.39 is 0 Å². The van der Waals surface area contributed by atoms with E-state index in [1.807, 2.05) is 48.5 Å². The summed E-state index contributed by atoms with van der Waals surface area (Å²) in [5.74, 6) is 1.40. The molecular weight excluding hydrogens is 376 g/mol. The minimum Gasteiger partial charge on any atom is -0.497 e. The summed E-state index contributed by atoms with van der Waals surface area (Å²) in [6.07, 6.45) is 3.20. The predicted molar refractivity (Wildman–Crippen MR) is 111 cm³/mol. The minimum absolute atomic E-state index is 0.0998. The molecule has 1 aromatic heterocycles. The number of aromatic hydroxyl groups is 1. The van der Waals surface area contributed by atoms with Crippen LogP contribution in [0.15, 0.2) is 63.7 Å². The molecule has 8 heteroatoms. The molecule has 0 saturated carbocycles. The van der Waals surface area contributed by atoms with E-state index in [2.05, 4.69) is 32.6 Å². The van der Waals surface area contributed by atoms with Crippen molar-refractivity contribution in [2.75, 3.05) is 14.2 Å². The summed E-state index contributed by atoms with van der Waals surface area (Å²) in [6.45, 7) is 0. The van der Waals surface area contributed by atoms with Crippen LogP contribution in [0, 0.1) is 0 Å². The predicted octanol–water partition coefficient (Wildman–Crippen LogP) is 3.99. The maximum absolute atomic E-state index is 10.2. The van der Waals surface area contributed by atoms with Gasteiger partial charge in [-0.3, -0.25) is 0 Å². The number of thiol groups is 1. The fraction of sp³-hybridized carbons (Fsp3) is 0.100. The third kappa shape index (κ3) is 4.86. The number of benzene rings is 2. The van der Waals surface area contributed by atoms with Gasteiger partial charge in [-0.25, -0.2) is 15.0 Å². The number of aromatic nitrogens is 2. The molecule has 0 saturated heterocycles. The summed E-state index contributed by atoms with van der Waals surface area (Å²) in [5, 5.41) is 10.3. The van der Waals surface area contributed by atoms with E-state index in [1.54, 1.807) is 26.6 Å². The van der Waals surface area contributed by atoms with Crippen molar-refractivity contribution >= 4 is 36.6 Å². The lowest BCUT2D eigenvalue weighted by atomic mass is 10.2. The number of nitrogens with zero attached hydrogens (tertiary/aromatic N) is 4. The molecule has 142 valence electrons. The summed E-state index contributed by atoms with van der Waals surface area (Å²) in [4.78, 5) is 16.6. The zero-order chi connectivity index (χ0) is 19.9. The molecular formula is C20H18N4O3S. The van der Waals surface area contributed by atoms with Gasteiger partial charge in [0, 0.05) is 12.4 Å². The van der Waals surface area contributed by atoms with Gasteiger partial charge in [-0.05, 0) is 59.7 Å². The lowest BCUT2D eigenvalue weighted by Gasteiger charge is -2.04. The van der Waals surface area contributed by atoms with Crippen molar-refractivity contribution in [1.82, 2.24) is 9.97 Å². The van der Waals surface area contributed by atoms with Crippen LogP contribution in [0.1, 0.15) is 11.1 Å². The van der Waals surface area contributed by atoms with Gasteiger partial charge in [0.05, 0.1) is 14.2 Å². The first-order valence-electron chi connectivity index (χ1n) is 8.25. The van der Waals surface area contributed by atoms with E-state index in [-0.39, 0.29) is 22.5 Å². The molecule has 0 aliphatic carbocycles. The molecule has 0 radical (unpaired) electrons. The van der Waals surface area contributed by atoms with Gasteiger partial charge < -0.3 is 14.6 Å². The van der Waals surface area contributed by atoms with Gasteiger partial charge in [0.2, 0.25) is 5.88 Å². The number of hydrogen-bond acceptors (Lipinski definition) is 8. The van der Waals surface area contributed by atoms with E-state index in [4.69, 9.17) is 9.47 Å². The van der Waals surface area contributed by atoms with E-state index in [1.165, 1.54) is 0 Å². The van der Waals surface area contributed by atoms with Crippen molar-refractivity contribution in [1.29, 1.82) is 0 Å². The first-order valence-corrected chi connectivity index (χ1v) is 8.70. The number of hydrogen-bond donors (Lipinski definition) is 2. The summed E-state index contributed by atoms with van der Waals surface area (Å²) >= 11 is 4.10. The van der Waals surface area contributed by atoms with Crippen molar-refractivity contribution in [3.8, 4) is 17.4 Å². The Morgan fingerprint density at radius 3 is 1.82 bits per heavy atom. The van der Waals surface area contributed by atoms with Crippen LogP contribution in [-0.2, 0) is 0 Å². The highest BCUT2D eigenvalue weighted by Gasteiger charge is 2.11. The molecule has 0 unspecified atom stereocenters. The van der Waals surface area contributed by atoms with Crippen LogP contribution in [0.25, 0.3) is 0 Å². The quantitative estimate of drug-likeness (QED) is 0.375. The topological polar surface area (TPSA) is 89.2 Å². The molecule has 0 bridgehead atoms. The van der Waals surface area contributed by atoms with Crippen LogP contribution in [-0.4, -0.2) is 41.7 Å². The lowest BCUT2D eigenvalue weighted by Crippen LogP contribution is -1.89. The van der Waals surface area contributed by atoms with E-state index >= 15 is 0 Å². The molecule has 3 rings (SSSR count). The van der Waals surface area contributed by atoms with Crippen molar-refractivity contribution in [3.05, 3.63) is 59.7 Å². The standard InChI is InChI=1S/C20H18N4O3S/c1-26-15-7-3-13(4-8-15)11-21-17-18(23-20(28)24-19(17)25)22-12-14-5-9-16(27-2)10-6-14/h3-12H,1-2H3,(H2,23,24,25,28)/b21-11+,22-12+. The third-order valence-electron chi connectivity index (χ3n) is 3.75. The van der Waals surface area contributed by atoms with Crippen molar-refractivity contribution in [2.24, 2.45) is 9.98 Å². The smallest absolute Gasteiger partial charge is 0.243 e. The van der Waals surface area contributed by atoms with E-state index in [0.29, 0.717) is 0 Å². The fourth-order valence-corrected chi connectivity index (χ4v) is 2.47. The van der Waals surface area contributed by atoms with E-state index in [9.17, 15) is 5.11 Å². The zero-order valence-corrected chi connectivity index (χ0v) is 16.2. The molecule has 0 amide bonds. The van der Waals surface area contributed by atoms with Crippen LogP contribution in [0.3, 0.4) is 0 Å². The zero-order valence-electron chi connectivity index (χ0n) is 15.3. The number of aliphatic imine (C=N–C) groups is 2. The normalized spacial score (nSPS) is 11.2.